The lowest BCUT2D eigenvalue weighted by Crippen LogP contribution is -2.51. The summed E-state index contributed by atoms with van der Waals surface area (Å²) < 4.78 is 22.6. The Kier molecular flexibility index (Phi) is 17.6. The van der Waals surface area contributed by atoms with Gasteiger partial charge in [-0.25, -0.2) is 14.4 Å². The van der Waals surface area contributed by atoms with Gasteiger partial charge < -0.3 is 39.9 Å². The Hall–Kier alpha value is -6.25. The molecule has 4 rings (SSSR count). The van der Waals surface area contributed by atoms with E-state index in [-0.39, 0.29) is 31.1 Å². The van der Waals surface area contributed by atoms with Crippen LogP contribution in [0.25, 0.3) is 0 Å². The highest BCUT2D eigenvalue weighted by Gasteiger charge is 2.39. The number of alkyl carbamates (subject to hydrolysis) is 1. The molecule has 0 saturated carbocycles. The Morgan fingerprint density at radius 1 is 0.625 bits per heavy atom. The lowest BCUT2D eigenvalue weighted by Gasteiger charge is -2.37. The minimum Gasteiger partial charge on any atom is -0.460 e. The Bertz CT molecular complexity index is 2030. The number of aromatic nitrogens is 2. The predicted octanol–water partition coefficient (Wildman–Crippen LogP) is 8.54. The lowest BCUT2D eigenvalue weighted by atomic mass is 9.77. The number of benzene rings is 3. The fourth-order valence-corrected chi connectivity index (χ4v) is 6.85. The first-order valence-electron chi connectivity index (χ1n) is 21.8. The van der Waals surface area contributed by atoms with Crippen molar-refractivity contribution < 1.29 is 42.6 Å². The Labute approximate surface area is 377 Å². The third-order valence-electron chi connectivity index (χ3n) is 9.60. The van der Waals surface area contributed by atoms with Crippen LogP contribution in [0.2, 0.25) is 0 Å². The maximum Gasteiger partial charge on any atom is 0.407 e. The van der Waals surface area contributed by atoms with Crippen LogP contribution in [-0.2, 0) is 34.1 Å². The monoisotopic (exact) mass is 882 g/mol. The van der Waals surface area contributed by atoms with Crippen molar-refractivity contribution in [3.63, 3.8) is 0 Å². The summed E-state index contributed by atoms with van der Waals surface area (Å²) in [6.45, 7) is 18.0. The van der Waals surface area contributed by atoms with Gasteiger partial charge in [-0.1, -0.05) is 104 Å². The van der Waals surface area contributed by atoms with Crippen molar-refractivity contribution in [1.29, 1.82) is 0 Å². The molecule has 0 aliphatic rings. The molecule has 4 amide bonds. The fraction of sp³-hybridized carbons (Fsp3) is 0.490. The smallest absolute Gasteiger partial charge is 0.407 e. The molecule has 1 aromatic heterocycles. The zero-order valence-corrected chi connectivity index (χ0v) is 38.9. The van der Waals surface area contributed by atoms with Gasteiger partial charge in [0, 0.05) is 18.9 Å². The Morgan fingerprint density at radius 3 is 1.62 bits per heavy atom. The molecule has 3 atom stereocenters. The molecule has 0 radical (unpaired) electrons. The van der Waals surface area contributed by atoms with Crippen LogP contribution in [0.1, 0.15) is 148 Å². The third-order valence-corrected chi connectivity index (χ3v) is 9.60. The van der Waals surface area contributed by atoms with E-state index in [0.717, 1.165) is 23.1 Å². The molecule has 0 spiro atoms. The maximum atomic E-state index is 14.7. The van der Waals surface area contributed by atoms with Crippen molar-refractivity contribution in [2.24, 2.45) is 0 Å². The van der Waals surface area contributed by atoms with E-state index in [4.69, 9.17) is 18.6 Å². The quantitative estimate of drug-likeness (QED) is 0.0305. The topological polar surface area (TPSA) is 200 Å². The summed E-state index contributed by atoms with van der Waals surface area (Å²) in [6, 6.07) is 25.5. The second kappa shape index (κ2) is 22.4. The highest BCUT2D eigenvalue weighted by atomic mass is 16.6. The number of hydrogen-bond donors (Lipinski definition) is 4. The zero-order valence-electron chi connectivity index (χ0n) is 38.9. The molecule has 0 fully saturated rings. The van der Waals surface area contributed by atoms with Crippen LogP contribution in [0, 0.1) is 0 Å². The number of urea groups is 1. The fourth-order valence-electron chi connectivity index (χ4n) is 6.85. The van der Waals surface area contributed by atoms with Crippen LogP contribution in [0.5, 0.6) is 0 Å². The molecule has 0 aliphatic carbocycles. The number of nitrogens with one attached hydrogen (secondary N) is 4. The van der Waals surface area contributed by atoms with Gasteiger partial charge in [0.25, 0.3) is 0 Å². The zero-order chi connectivity index (χ0) is 47.1. The number of hydrogen-bond acceptors (Lipinski definition) is 11. The average Bonchev–Trinajstić information content (AvgIpc) is 3.71. The lowest BCUT2D eigenvalue weighted by molar-refractivity contribution is -0.158. The standard InChI is InChI=1S/C49H66N6O9/c1-33(22-20-21-31-50-45(60)64-48(8,9)10)41-54-55-42(61-41)38(52-44(59)51-37(43(58)63-47(5,6)7)29-30-40(57)62-46(2,3)4)32-39(56)53-49(34-23-14-11-15-24-34,35-25-16-12-17-26-35)36-27-18-13-19-28-36/h11-19,23-28,33,37-38H,20-22,29-32H2,1-10H3,(H,50,60)(H,53,56)(H2,51,52,59)/t33-,37-,38-/m0/s1. The summed E-state index contributed by atoms with van der Waals surface area (Å²) in [7, 11) is 0. The first kappa shape index (κ1) is 50.4. The van der Waals surface area contributed by atoms with Crippen molar-refractivity contribution >= 4 is 30.0 Å². The summed E-state index contributed by atoms with van der Waals surface area (Å²) >= 11 is 0. The van der Waals surface area contributed by atoms with Gasteiger partial charge in [-0.2, -0.15) is 0 Å². The van der Waals surface area contributed by atoms with E-state index in [1.54, 1.807) is 62.3 Å². The van der Waals surface area contributed by atoms with Gasteiger partial charge in [-0.15, -0.1) is 10.2 Å². The maximum absolute atomic E-state index is 14.7. The number of nitrogens with zero attached hydrogens (tertiary/aromatic N) is 2. The highest BCUT2D eigenvalue weighted by Crippen LogP contribution is 2.37. The van der Waals surface area contributed by atoms with Crippen molar-refractivity contribution in [3.8, 4) is 0 Å². The molecule has 3 aromatic carbocycles. The molecule has 4 aromatic rings. The van der Waals surface area contributed by atoms with E-state index >= 15 is 0 Å². The number of amides is 4. The molecule has 0 saturated heterocycles. The summed E-state index contributed by atoms with van der Waals surface area (Å²) in [5, 5.41) is 20.1. The summed E-state index contributed by atoms with van der Waals surface area (Å²) in [6.07, 6.45) is 0.886. The van der Waals surface area contributed by atoms with Gasteiger partial charge >= 0.3 is 24.1 Å². The highest BCUT2D eigenvalue weighted by molar-refractivity contribution is 5.85. The number of carbonyl (C=O) groups excluding carboxylic acids is 5. The van der Waals surface area contributed by atoms with Gasteiger partial charge in [0.2, 0.25) is 17.7 Å². The van der Waals surface area contributed by atoms with Crippen LogP contribution in [-0.4, -0.2) is 69.6 Å². The number of unbranched alkanes of at least 4 members (excludes halogenated alkanes) is 1. The first-order valence-corrected chi connectivity index (χ1v) is 21.8. The van der Waals surface area contributed by atoms with Gasteiger partial charge in [0.1, 0.15) is 34.4 Å². The molecule has 64 heavy (non-hydrogen) atoms. The predicted molar refractivity (Wildman–Crippen MR) is 242 cm³/mol. The summed E-state index contributed by atoms with van der Waals surface area (Å²) in [4.78, 5) is 66.8. The number of esters is 2. The second-order valence-electron chi connectivity index (χ2n) is 18.8. The van der Waals surface area contributed by atoms with Gasteiger partial charge in [0.05, 0.1) is 6.42 Å². The summed E-state index contributed by atoms with van der Waals surface area (Å²) in [5.41, 5.74) is -1.03. The molecule has 15 heteroatoms. The Morgan fingerprint density at radius 2 is 1.12 bits per heavy atom. The van der Waals surface area contributed by atoms with Crippen molar-refractivity contribution in [2.75, 3.05) is 6.54 Å². The van der Waals surface area contributed by atoms with Crippen LogP contribution >= 0.6 is 0 Å². The largest absolute Gasteiger partial charge is 0.460 e. The summed E-state index contributed by atoms with van der Waals surface area (Å²) in [5.74, 6) is -1.74. The Balaban J connectivity index is 1.63. The van der Waals surface area contributed by atoms with Crippen molar-refractivity contribution in [2.45, 2.75) is 148 Å². The van der Waals surface area contributed by atoms with Crippen molar-refractivity contribution in [1.82, 2.24) is 31.5 Å². The van der Waals surface area contributed by atoms with E-state index in [1.165, 1.54) is 0 Å². The van der Waals surface area contributed by atoms with E-state index in [9.17, 15) is 24.0 Å². The van der Waals surface area contributed by atoms with Gasteiger partial charge in [-0.3, -0.25) is 9.59 Å². The minimum atomic E-state index is -1.26. The van der Waals surface area contributed by atoms with E-state index in [2.05, 4.69) is 31.5 Å². The van der Waals surface area contributed by atoms with Gasteiger partial charge in [0.15, 0.2) is 0 Å². The molecule has 0 unspecified atom stereocenters. The number of carbonyl (C=O) groups is 5. The molecule has 1 heterocycles. The van der Waals surface area contributed by atoms with Crippen LogP contribution in [0.15, 0.2) is 95.4 Å². The molecule has 4 N–H and O–H groups in total. The molecular formula is C49H66N6O9. The second-order valence-corrected chi connectivity index (χ2v) is 18.8. The number of rotatable bonds is 19. The minimum absolute atomic E-state index is 0.0361. The number of ether oxygens (including phenoxy) is 3. The SMILES string of the molecule is C[C@@H](CCCCNC(=O)OC(C)(C)C)c1nnc([C@H](CC(=O)NC(c2ccccc2)(c2ccccc2)c2ccccc2)NC(=O)N[C@@H](CCC(=O)OC(C)(C)C)C(=O)OC(C)(C)C)o1. The normalized spacial score (nSPS) is 13.4. The molecular weight excluding hydrogens is 817 g/mol. The third kappa shape index (κ3) is 16.1. The molecule has 0 bridgehead atoms. The van der Waals surface area contributed by atoms with Gasteiger partial charge in [-0.05, 0) is 98.3 Å². The van der Waals surface area contributed by atoms with Crippen LogP contribution in [0.3, 0.4) is 0 Å². The molecule has 15 nitrogen and oxygen atoms in total. The first-order chi connectivity index (χ1) is 30.0. The molecule has 346 valence electrons. The van der Waals surface area contributed by atoms with E-state index in [1.807, 2.05) is 97.9 Å². The van der Waals surface area contributed by atoms with Crippen LogP contribution in [0.4, 0.5) is 9.59 Å². The van der Waals surface area contributed by atoms with Crippen LogP contribution < -0.4 is 21.3 Å². The molecule has 0 aliphatic heterocycles. The van der Waals surface area contributed by atoms with Crippen molar-refractivity contribution in [3.05, 3.63) is 119 Å². The van der Waals surface area contributed by atoms with E-state index in [0.29, 0.717) is 25.3 Å². The average molecular weight is 883 g/mol. The van der Waals surface area contributed by atoms with E-state index < -0.39 is 64.4 Å².